The van der Waals surface area contributed by atoms with Crippen molar-refractivity contribution in [2.24, 2.45) is 0 Å². The van der Waals surface area contributed by atoms with Crippen LogP contribution in [0, 0.1) is 0 Å². The summed E-state index contributed by atoms with van der Waals surface area (Å²) in [6, 6.07) is 14.6. The van der Waals surface area contributed by atoms with Crippen LogP contribution in [0.25, 0.3) is 11.6 Å². The molecule has 1 aliphatic carbocycles. The monoisotopic (exact) mass is 360 g/mol. The number of rotatable bonds is 4. The Morgan fingerprint density at radius 3 is 2.26 bits per heavy atom. The molecule has 2 aromatic rings. The van der Waals surface area contributed by atoms with Gasteiger partial charge in [-0.25, -0.2) is 4.79 Å². The minimum atomic E-state index is -0.946. The summed E-state index contributed by atoms with van der Waals surface area (Å²) in [4.78, 5) is 10.8. The molecule has 140 valence electrons. The molecule has 2 nitrogen and oxygen atoms in total. The zero-order valence-corrected chi connectivity index (χ0v) is 16.7. The van der Waals surface area contributed by atoms with Gasteiger partial charge in [0, 0.05) is 6.08 Å². The summed E-state index contributed by atoms with van der Waals surface area (Å²) in [6.45, 7) is 13.6. The molecule has 1 N–H and O–H groups in total. The van der Waals surface area contributed by atoms with Crippen LogP contribution in [0.3, 0.4) is 0 Å². The number of hydrogen-bond donors (Lipinski definition) is 1. The largest absolute Gasteiger partial charge is 0.478 e. The van der Waals surface area contributed by atoms with E-state index in [2.05, 4.69) is 52.5 Å². The van der Waals surface area contributed by atoms with Gasteiger partial charge >= 0.3 is 5.97 Å². The number of fused-ring (bicyclic) bond motifs is 1. The Morgan fingerprint density at radius 1 is 0.963 bits per heavy atom. The second kappa shape index (κ2) is 6.84. The highest BCUT2D eigenvalue weighted by Gasteiger charge is 2.37. The number of carboxylic acid groups (broad SMARTS) is 1. The molecule has 1 aliphatic rings. The van der Waals surface area contributed by atoms with E-state index < -0.39 is 5.97 Å². The molecular formula is C25H28O2. The SMILES string of the molecule is C=C(c1cccc(/C=C/C(=O)O)c1)c1ccc2c(c1)C(C)(C)CCC2(C)C. The predicted octanol–water partition coefficient (Wildman–Crippen LogP) is 6.19. The van der Waals surface area contributed by atoms with Gasteiger partial charge in [0.2, 0.25) is 0 Å². The van der Waals surface area contributed by atoms with Crippen molar-refractivity contribution in [3.05, 3.63) is 82.9 Å². The van der Waals surface area contributed by atoms with Crippen LogP contribution in [0.4, 0.5) is 0 Å². The summed E-state index contributed by atoms with van der Waals surface area (Å²) in [6.07, 6.45) is 5.15. The Morgan fingerprint density at radius 2 is 1.59 bits per heavy atom. The third-order valence-electron chi connectivity index (χ3n) is 5.85. The molecule has 0 radical (unpaired) electrons. The van der Waals surface area contributed by atoms with Crippen molar-refractivity contribution in [3.8, 4) is 0 Å². The minimum absolute atomic E-state index is 0.160. The Labute approximate surface area is 162 Å². The quantitative estimate of drug-likeness (QED) is 0.660. The molecule has 0 aliphatic heterocycles. The number of benzene rings is 2. The van der Waals surface area contributed by atoms with Crippen LogP contribution in [-0.4, -0.2) is 11.1 Å². The van der Waals surface area contributed by atoms with Gasteiger partial charge in [0.05, 0.1) is 0 Å². The van der Waals surface area contributed by atoms with E-state index in [4.69, 9.17) is 5.11 Å². The lowest BCUT2D eigenvalue weighted by Gasteiger charge is -2.42. The van der Waals surface area contributed by atoms with Gasteiger partial charge in [0.1, 0.15) is 0 Å². The van der Waals surface area contributed by atoms with Crippen molar-refractivity contribution in [1.29, 1.82) is 0 Å². The van der Waals surface area contributed by atoms with E-state index in [0.717, 1.165) is 28.3 Å². The molecular weight excluding hydrogens is 332 g/mol. The molecule has 2 heteroatoms. The Bertz CT molecular complexity index is 929. The first-order valence-electron chi connectivity index (χ1n) is 9.46. The maximum absolute atomic E-state index is 10.8. The summed E-state index contributed by atoms with van der Waals surface area (Å²) >= 11 is 0. The van der Waals surface area contributed by atoms with E-state index in [1.54, 1.807) is 6.08 Å². The molecule has 3 rings (SSSR count). The summed E-state index contributed by atoms with van der Waals surface area (Å²) < 4.78 is 0. The number of aliphatic carboxylic acids is 1. The average molecular weight is 360 g/mol. The van der Waals surface area contributed by atoms with Crippen LogP contribution in [0.2, 0.25) is 0 Å². The number of hydrogen-bond acceptors (Lipinski definition) is 1. The van der Waals surface area contributed by atoms with Gasteiger partial charge in [0.25, 0.3) is 0 Å². The molecule has 0 spiro atoms. The smallest absolute Gasteiger partial charge is 0.328 e. The van der Waals surface area contributed by atoms with Crippen molar-refractivity contribution >= 4 is 17.6 Å². The molecule has 27 heavy (non-hydrogen) atoms. The van der Waals surface area contributed by atoms with E-state index in [1.807, 2.05) is 24.3 Å². The summed E-state index contributed by atoms with van der Waals surface area (Å²) in [5.41, 5.74) is 7.17. The lowest BCUT2D eigenvalue weighted by atomic mass is 9.63. The number of carboxylic acids is 1. The average Bonchev–Trinajstić information content (AvgIpc) is 2.63. The molecule has 2 aromatic carbocycles. The predicted molar refractivity (Wildman–Crippen MR) is 113 cm³/mol. The fourth-order valence-corrected chi connectivity index (χ4v) is 3.94. The molecule has 0 aromatic heterocycles. The fourth-order valence-electron chi connectivity index (χ4n) is 3.94. The van der Waals surface area contributed by atoms with Gasteiger partial charge in [-0.1, -0.05) is 70.7 Å². The van der Waals surface area contributed by atoms with E-state index >= 15 is 0 Å². The van der Waals surface area contributed by atoms with Crippen LogP contribution < -0.4 is 0 Å². The van der Waals surface area contributed by atoms with Crippen molar-refractivity contribution in [2.45, 2.75) is 51.4 Å². The van der Waals surface area contributed by atoms with Crippen molar-refractivity contribution in [3.63, 3.8) is 0 Å². The zero-order valence-electron chi connectivity index (χ0n) is 16.7. The van der Waals surface area contributed by atoms with Crippen molar-refractivity contribution in [1.82, 2.24) is 0 Å². The summed E-state index contributed by atoms with van der Waals surface area (Å²) in [5, 5.41) is 8.83. The first-order chi connectivity index (χ1) is 12.6. The van der Waals surface area contributed by atoms with Crippen LogP contribution in [0.1, 0.15) is 68.4 Å². The van der Waals surface area contributed by atoms with E-state index in [9.17, 15) is 4.79 Å². The third kappa shape index (κ3) is 3.90. The highest BCUT2D eigenvalue weighted by atomic mass is 16.4. The molecule has 0 saturated carbocycles. The Hall–Kier alpha value is -2.61. The molecule has 0 fully saturated rings. The third-order valence-corrected chi connectivity index (χ3v) is 5.85. The maximum Gasteiger partial charge on any atom is 0.328 e. The van der Waals surface area contributed by atoms with Crippen LogP contribution in [0.5, 0.6) is 0 Å². The van der Waals surface area contributed by atoms with Gasteiger partial charge in [-0.15, -0.1) is 0 Å². The number of carbonyl (C=O) groups is 1. The highest BCUT2D eigenvalue weighted by Crippen LogP contribution is 2.46. The molecule has 0 heterocycles. The lowest BCUT2D eigenvalue weighted by molar-refractivity contribution is -0.131. The molecule has 0 unspecified atom stereocenters. The fraction of sp³-hybridized carbons (Fsp3) is 0.320. The topological polar surface area (TPSA) is 37.3 Å². The second-order valence-corrected chi connectivity index (χ2v) is 8.80. The van der Waals surface area contributed by atoms with Gasteiger partial charge in [-0.05, 0) is 69.2 Å². The lowest BCUT2D eigenvalue weighted by Crippen LogP contribution is -2.33. The van der Waals surface area contributed by atoms with Crippen LogP contribution in [-0.2, 0) is 15.6 Å². The van der Waals surface area contributed by atoms with Crippen molar-refractivity contribution in [2.75, 3.05) is 0 Å². The van der Waals surface area contributed by atoms with E-state index in [-0.39, 0.29) is 10.8 Å². The second-order valence-electron chi connectivity index (χ2n) is 8.80. The first kappa shape index (κ1) is 19.2. The molecule has 0 bridgehead atoms. The first-order valence-corrected chi connectivity index (χ1v) is 9.46. The van der Waals surface area contributed by atoms with E-state index in [0.29, 0.717) is 0 Å². The summed E-state index contributed by atoms with van der Waals surface area (Å²) in [7, 11) is 0. The van der Waals surface area contributed by atoms with E-state index in [1.165, 1.54) is 24.0 Å². The Kier molecular flexibility index (Phi) is 4.86. The molecule has 0 amide bonds. The minimum Gasteiger partial charge on any atom is -0.478 e. The highest BCUT2D eigenvalue weighted by molar-refractivity contribution is 5.86. The summed E-state index contributed by atoms with van der Waals surface area (Å²) in [5.74, 6) is -0.946. The van der Waals surface area contributed by atoms with Crippen molar-refractivity contribution < 1.29 is 9.90 Å². The molecule has 0 saturated heterocycles. The van der Waals surface area contributed by atoms with Gasteiger partial charge in [0.15, 0.2) is 0 Å². The van der Waals surface area contributed by atoms with Gasteiger partial charge in [-0.2, -0.15) is 0 Å². The normalized spacial score (nSPS) is 17.5. The Balaban J connectivity index is 2.00. The van der Waals surface area contributed by atoms with Crippen LogP contribution in [0.15, 0.2) is 55.1 Å². The standard InChI is InChI=1S/C25H28O2/c1-17(19-8-6-7-18(15-19)9-12-23(26)27)20-10-11-21-22(16-20)25(4,5)14-13-24(21,2)3/h6-12,15-16H,1,13-14H2,2-5H3,(H,26,27)/b12-9+. The molecule has 0 atom stereocenters. The maximum atomic E-state index is 10.8. The van der Waals surface area contributed by atoms with Crippen LogP contribution >= 0.6 is 0 Å². The van der Waals surface area contributed by atoms with Gasteiger partial charge in [-0.3, -0.25) is 0 Å². The van der Waals surface area contributed by atoms with Gasteiger partial charge < -0.3 is 5.11 Å². The zero-order chi connectivity index (χ0) is 19.8.